The Bertz CT molecular complexity index is 1170. The van der Waals surface area contributed by atoms with Crippen LogP contribution in [-0.4, -0.2) is 31.7 Å². The molecule has 5 nitrogen and oxygen atoms in total. The average molecular weight is 423 g/mol. The van der Waals surface area contributed by atoms with Gasteiger partial charge in [-0.3, -0.25) is 4.79 Å². The van der Waals surface area contributed by atoms with Gasteiger partial charge >= 0.3 is 0 Å². The highest BCUT2D eigenvalue weighted by Gasteiger charge is 2.31. The van der Waals surface area contributed by atoms with Crippen molar-refractivity contribution in [2.24, 2.45) is 5.92 Å². The molecule has 0 unspecified atom stereocenters. The lowest BCUT2D eigenvalue weighted by Gasteiger charge is -2.30. The van der Waals surface area contributed by atoms with Gasteiger partial charge in [-0.25, -0.2) is 12.7 Å². The van der Waals surface area contributed by atoms with Gasteiger partial charge in [0.15, 0.2) is 0 Å². The van der Waals surface area contributed by atoms with Crippen LogP contribution in [0, 0.1) is 12.8 Å². The van der Waals surface area contributed by atoms with E-state index in [0.717, 1.165) is 27.6 Å². The summed E-state index contributed by atoms with van der Waals surface area (Å²) in [5, 5.41) is 5.20. The van der Waals surface area contributed by atoms with Gasteiger partial charge < -0.3 is 5.32 Å². The van der Waals surface area contributed by atoms with Crippen molar-refractivity contribution in [1.29, 1.82) is 0 Å². The molecule has 0 aliphatic carbocycles. The number of benzene rings is 3. The predicted molar refractivity (Wildman–Crippen MR) is 121 cm³/mol. The molecule has 0 radical (unpaired) electrons. The number of nitrogens with zero attached hydrogens (tertiary/aromatic N) is 1. The van der Waals surface area contributed by atoms with Gasteiger partial charge in [-0.05, 0) is 48.2 Å². The fourth-order valence-electron chi connectivity index (χ4n) is 4.01. The molecule has 0 aromatic heterocycles. The summed E-state index contributed by atoms with van der Waals surface area (Å²) in [6.45, 7) is 2.71. The maximum absolute atomic E-state index is 12.8. The Hall–Kier alpha value is -2.70. The summed E-state index contributed by atoms with van der Waals surface area (Å²) in [6, 6.07) is 21.5. The molecule has 30 heavy (non-hydrogen) atoms. The van der Waals surface area contributed by atoms with Crippen LogP contribution in [0.25, 0.3) is 10.8 Å². The molecule has 0 spiro atoms. The minimum absolute atomic E-state index is 0.00261. The number of nitrogens with one attached hydrogen (secondary N) is 1. The molecular formula is C24H26N2O3S. The van der Waals surface area contributed by atoms with Crippen molar-refractivity contribution in [3.8, 4) is 0 Å². The van der Waals surface area contributed by atoms with E-state index in [2.05, 4.69) is 5.32 Å². The molecule has 3 aromatic carbocycles. The molecule has 1 N–H and O–H groups in total. The van der Waals surface area contributed by atoms with Gasteiger partial charge in [0, 0.05) is 24.7 Å². The molecule has 156 valence electrons. The Balaban J connectivity index is 1.35. The second-order valence-electron chi connectivity index (χ2n) is 7.97. The topological polar surface area (TPSA) is 66.5 Å². The minimum Gasteiger partial charge on any atom is -0.326 e. The lowest BCUT2D eigenvalue weighted by molar-refractivity contribution is -0.120. The summed E-state index contributed by atoms with van der Waals surface area (Å²) in [7, 11) is -3.38. The van der Waals surface area contributed by atoms with Crippen molar-refractivity contribution >= 4 is 32.4 Å². The average Bonchev–Trinajstić information content (AvgIpc) is 2.73. The zero-order valence-electron chi connectivity index (χ0n) is 17.0. The highest BCUT2D eigenvalue weighted by molar-refractivity contribution is 7.88. The van der Waals surface area contributed by atoms with Crippen LogP contribution in [0.5, 0.6) is 0 Å². The number of anilines is 1. The number of sulfonamides is 1. The first kappa shape index (κ1) is 20.6. The van der Waals surface area contributed by atoms with Crippen LogP contribution in [-0.2, 0) is 20.6 Å². The molecule has 0 saturated carbocycles. The van der Waals surface area contributed by atoms with Gasteiger partial charge in [0.1, 0.15) is 0 Å². The van der Waals surface area contributed by atoms with E-state index in [-0.39, 0.29) is 17.6 Å². The Kier molecular flexibility index (Phi) is 5.88. The quantitative estimate of drug-likeness (QED) is 0.666. The van der Waals surface area contributed by atoms with Crippen molar-refractivity contribution in [2.45, 2.75) is 25.5 Å². The van der Waals surface area contributed by atoms with Crippen LogP contribution in [0.1, 0.15) is 24.0 Å². The maximum Gasteiger partial charge on any atom is 0.227 e. The molecular weight excluding hydrogens is 396 g/mol. The highest BCUT2D eigenvalue weighted by Crippen LogP contribution is 2.24. The first-order chi connectivity index (χ1) is 14.4. The van der Waals surface area contributed by atoms with Crippen molar-refractivity contribution < 1.29 is 13.2 Å². The fraction of sp³-hybridized carbons (Fsp3) is 0.292. The van der Waals surface area contributed by atoms with Gasteiger partial charge in [0.2, 0.25) is 15.9 Å². The van der Waals surface area contributed by atoms with Gasteiger partial charge in [0.05, 0.1) is 5.75 Å². The largest absolute Gasteiger partial charge is 0.326 e. The SMILES string of the molecule is Cc1cccc(CS(=O)(=O)N2CCC(C(=O)Nc3ccc4ccccc4c3)CC2)c1. The summed E-state index contributed by atoms with van der Waals surface area (Å²) in [4.78, 5) is 12.7. The number of rotatable bonds is 5. The van der Waals surface area contributed by atoms with Crippen molar-refractivity contribution in [1.82, 2.24) is 4.31 Å². The number of piperidine rings is 1. The van der Waals surface area contributed by atoms with Crippen LogP contribution >= 0.6 is 0 Å². The number of carbonyl (C=O) groups excluding carboxylic acids is 1. The monoisotopic (exact) mass is 422 g/mol. The summed E-state index contributed by atoms with van der Waals surface area (Å²) in [5.41, 5.74) is 2.62. The third-order valence-corrected chi connectivity index (χ3v) is 7.52. The Morgan fingerprint density at radius 1 is 0.967 bits per heavy atom. The van der Waals surface area contributed by atoms with Gasteiger partial charge in [0.25, 0.3) is 0 Å². The van der Waals surface area contributed by atoms with Gasteiger partial charge in [-0.1, -0.05) is 60.2 Å². The lowest BCUT2D eigenvalue weighted by atomic mass is 9.97. The van der Waals surface area contributed by atoms with Gasteiger partial charge in [-0.2, -0.15) is 0 Å². The second-order valence-corrected chi connectivity index (χ2v) is 9.94. The zero-order chi connectivity index (χ0) is 21.1. The van der Waals surface area contributed by atoms with Crippen molar-refractivity contribution in [3.63, 3.8) is 0 Å². The number of aryl methyl sites for hydroxylation is 1. The van der Waals surface area contributed by atoms with E-state index in [9.17, 15) is 13.2 Å². The molecule has 0 atom stereocenters. The summed E-state index contributed by atoms with van der Waals surface area (Å²) in [6.07, 6.45) is 1.07. The first-order valence-electron chi connectivity index (χ1n) is 10.2. The van der Waals surface area contributed by atoms with E-state index >= 15 is 0 Å². The molecule has 1 amide bonds. The molecule has 1 aliphatic rings. The zero-order valence-corrected chi connectivity index (χ0v) is 17.9. The first-order valence-corrected chi connectivity index (χ1v) is 11.8. The lowest BCUT2D eigenvalue weighted by Crippen LogP contribution is -2.41. The van der Waals surface area contributed by atoms with Crippen LogP contribution < -0.4 is 5.32 Å². The van der Waals surface area contributed by atoms with E-state index in [1.807, 2.05) is 73.7 Å². The molecule has 1 fully saturated rings. The van der Waals surface area contributed by atoms with E-state index in [0.29, 0.717) is 25.9 Å². The summed E-state index contributed by atoms with van der Waals surface area (Å²) >= 11 is 0. The van der Waals surface area contributed by atoms with E-state index in [1.54, 1.807) is 0 Å². The third-order valence-electron chi connectivity index (χ3n) is 5.67. The molecule has 1 aliphatic heterocycles. The smallest absolute Gasteiger partial charge is 0.227 e. The van der Waals surface area contributed by atoms with Gasteiger partial charge in [-0.15, -0.1) is 0 Å². The van der Waals surface area contributed by atoms with Crippen molar-refractivity contribution in [3.05, 3.63) is 77.9 Å². The molecule has 4 rings (SSSR count). The summed E-state index contributed by atoms with van der Waals surface area (Å²) in [5.74, 6) is -0.217. The maximum atomic E-state index is 12.8. The minimum atomic E-state index is -3.38. The molecule has 0 bridgehead atoms. The number of hydrogen-bond donors (Lipinski definition) is 1. The van der Waals surface area contributed by atoms with E-state index < -0.39 is 10.0 Å². The number of amides is 1. The van der Waals surface area contributed by atoms with Crippen LogP contribution in [0.3, 0.4) is 0 Å². The summed E-state index contributed by atoms with van der Waals surface area (Å²) < 4.78 is 27.1. The van der Waals surface area contributed by atoms with E-state index in [1.165, 1.54) is 4.31 Å². The molecule has 6 heteroatoms. The number of hydrogen-bond acceptors (Lipinski definition) is 3. The number of fused-ring (bicyclic) bond motifs is 1. The standard InChI is InChI=1S/C24H26N2O3S/c1-18-5-4-6-19(15-18)17-30(28,29)26-13-11-21(12-14-26)24(27)25-23-10-9-20-7-2-3-8-22(20)16-23/h2-10,15-16,21H,11-14,17H2,1H3,(H,25,27). The van der Waals surface area contributed by atoms with Crippen molar-refractivity contribution in [2.75, 3.05) is 18.4 Å². The molecule has 3 aromatic rings. The van der Waals surface area contributed by atoms with Crippen LogP contribution in [0.2, 0.25) is 0 Å². The Morgan fingerprint density at radius 2 is 1.70 bits per heavy atom. The van der Waals surface area contributed by atoms with Crippen LogP contribution in [0.15, 0.2) is 66.7 Å². The third kappa shape index (κ3) is 4.71. The normalized spacial score (nSPS) is 15.9. The molecule has 1 heterocycles. The Morgan fingerprint density at radius 3 is 2.43 bits per heavy atom. The fourth-order valence-corrected chi connectivity index (χ4v) is 5.56. The van der Waals surface area contributed by atoms with E-state index in [4.69, 9.17) is 0 Å². The Labute approximate surface area is 177 Å². The highest BCUT2D eigenvalue weighted by atomic mass is 32.2. The second kappa shape index (κ2) is 8.58. The predicted octanol–water partition coefficient (Wildman–Crippen LogP) is 4.33. The number of carbonyl (C=O) groups is 1. The molecule has 1 saturated heterocycles. The van der Waals surface area contributed by atoms with Crippen LogP contribution in [0.4, 0.5) is 5.69 Å².